The minimum Gasteiger partial charge on any atom is -0.316 e. The van der Waals surface area contributed by atoms with Gasteiger partial charge in [-0.3, -0.25) is 0 Å². The third-order valence-corrected chi connectivity index (χ3v) is 7.80. The highest BCUT2D eigenvalue weighted by atomic mass is 32.2. The van der Waals surface area contributed by atoms with Crippen LogP contribution < -0.4 is 5.32 Å². The molecular formula is C26H26F3NO2S. The molecule has 3 nitrogen and oxygen atoms in total. The van der Waals surface area contributed by atoms with Gasteiger partial charge in [-0.1, -0.05) is 66.7 Å². The van der Waals surface area contributed by atoms with E-state index in [4.69, 9.17) is 0 Å². The number of hydrogen-bond acceptors (Lipinski definition) is 3. The van der Waals surface area contributed by atoms with E-state index in [0.717, 1.165) is 43.1 Å². The first-order valence-corrected chi connectivity index (χ1v) is 12.5. The molecule has 0 radical (unpaired) electrons. The molecule has 1 N–H and O–H groups in total. The minimum absolute atomic E-state index is 0.0122. The second-order valence-electron chi connectivity index (χ2n) is 8.44. The summed E-state index contributed by atoms with van der Waals surface area (Å²) in [5, 5.41) is 3.55. The van der Waals surface area contributed by atoms with Crippen molar-refractivity contribution in [2.45, 2.75) is 35.6 Å². The molecular weight excluding hydrogens is 447 g/mol. The second kappa shape index (κ2) is 9.69. The third kappa shape index (κ3) is 5.14. The third-order valence-electron chi connectivity index (χ3n) is 6.32. The van der Waals surface area contributed by atoms with Crippen LogP contribution in [0, 0.1) is 5.92 Å². The molecule has 1 aliphatic rings. The van der Waals surface area contributed by atoms with Crippen LogP contribution in [-0.4, -0.2) is 27.0 Å². The highest BCUT2D eigenvalue weighted by molar-refractivity contribution is 7.92. The lowest BCUT2D eigenvalue weighted by atomic mass is 9.72. The van der Waals surface area contributed by atoms with Crippen molar-refractivity contribution >= 4 is 9.84 Å². The Bertz CT molecular complexity index is 1180. The molecule has 1 aliphatic carbocycles. The molecule has 3 aromatic rings. The lowest BCUT2D eigenvalue weighted by molar-refractivity contribution is -0.0436. The summed E-state index contributed by atoms with van der Waals surface area (Å²) in [7, 11) is -5.36. The molecule has 3 aromatic carbocycles. The Balaban J connectivity index is 1.57. The number of sulfone groups is 1. The van der Waals surface area contributed by atoms with Crippen LogP contribution in [0.5, 0.6) is 0 Å². The molecule has 0 aromatic heterocycles. The summed E-state index contributed by atoms with van der Waals surface area (Å²) >= 11 is 0. The topological polar surface area (TPSA) is 46.2 Å². The van der Waals surface area contributed by atoms with Gasteiger partial charge in [-0.2, -0.15) is 13.2 Å². The summed E-state index contributed by atoms with van der Waals surface area (Å²) < 4.78 is 63.0. The van der Waals surface area contributed by atoms with Crippen LogP contribution in [-0.2, 0) is 22.7 Å². The van der Waals surface area contributed by atoms with Gasteiger partial charge < -0.3 is 5.32 Å². The Morgan fingerprint density at radius 2 is 1.58 bits per heavy atom. The maximum absolute atomic E-state index is 13.1. The van der Waals surface area contributed by atoms with Crippen LogP contribution in [0.1, 0.15) is 34.6 Å². The van der Waals surface area contributed by atoms with E-state index in [1.165, 1.54) is 11.6 Å². The predicted octanol–water partition coefficient (Wildman–Crippen LogP) is 5.51. The molecule has 0 saturated carbocycles. The Kier molecular flexibility index (Phi) is 6.91. The van der Waals surface area contributed by atoms with Gasteiger partial charge in [0, 0.05) is 5.92 Å². The van der Waals surface area contributed by atoms with Gasteiger partial charge >= 0.3 is 5.51 Å². The van der Waals surface area contributed by atoms with E-state index >= 15 is 0 Å². The first kappa shape index (κ1) is 23.5. The van der Waals surface area contributed by atoms with Crippen molar-refractivity contribution in [3.63, 3.8) is 0 Å². The van der Waals surface area contributed by atoms with E-state index < -0.39 is 20.2 Å². The van der Waals surface area contributed by atoms with E-state index in [1.807, 2.05) is 48.5 Å². The van der Waals surface area contributed by atoms with Crippen molar-refractivity contribution in [2.75, 3.05) is 13.1 Å². The second-order valence-corrected chi connectivity index (χ2v) is 10.4. The highest BCUT2D eigenvalue weighted by Gasteiger charge is 2.47. The largest absolute Gasteiger partial charge is 0.501 e. The fourth-order valence-corrected chi connectivity index (χ4v) is 5.47. The number of fused-ring (bicyclic) bond motifs is 1. The van der Waals surface area contributed by atoms with Gasteiger partial charge in [0.2, 0.25) is 0 Å². The minimum atomic E-state index is -5.36. The van der Waals surface area contributed by atoms with E-state index in [9.17, 15) is 21.6 Å². The Morgan fingerprint density at radius 3 is 2.24 bits per heavy atom. The Hall–Kier alpha value is -2.64. The summed E-state index contributed by atoms with van der Waals surface area (Å²) in [6, 6.07) is 24.0. The van der Waals surface area contributed by atoms with Gasteiger partial charge in [-0.05, 0) is 72.7 Å². The molecule has 0 spiro atoms. The van der Waals surface area contributed by atoms with Crippen molar-refractivity contribution in [3.05, 3.63) is 101 Å². The van der Waals surface area contributed by atoms with E-state index in [2.05, 4.69) is 17.4 Å². The fraction of sp³-hybridized carbons (Fsp3) is 0.308. The van der Waals surface area contributed by atoms with Gasteiger partial charge in [-0.25, -0.2) is 8.42 Å². The number of nitrogens with one attached hydrogen (secondary N) is 1. The monoisotopic (exact) mass is 473 g/mol. The number of alkyl halides is 3. The molecule has 0 aliphatic heterocycles. The maximum atomic E-state index is 13.1. The van der Waals surface area contributed by atoms with Crippen molar-refractivity contribution < 1.29 is 21.6 Å². The Morgan fingerprint density at radius 1 is 0.909 bits per heavy atom. The number of rotatable bonds is 7. The fourth-order valence-electron chi connectivity index (χ4n) is 4.66. The molecule has 7 heteroatoms. The van der Waals surface area contributed by atoms with Crippen LogP contribution >= 0.6 is 0 Å². The Labute approximate surface area is 192 Å². The van der Waals surface area contributed by atoms with Crippen molar-refractivity contribution in [1.29, 1.82) is 0 Å². The SMILES string of the molecule is O=S(=O)(c1ccc2c(c1)CC[C@H](CNCCc1ccccc1)[C@@H]2c1ccccc1)C(F)(F)F. The summed E-state index contributed by atoms with van der Waals surface area (Å²) in [6.07, 6.45) is 2.23. The molecule has 0 amide bonds. The van der Waals surface area contributed by atoms with Crippen molar-refractivity contribution in [3.8, 4) is 0 Å². The molecule has 0 bridgehead atoms. The molecule has 33 heavy (non-hydrogen) atoms. The molecule has 0 heterocycles. The number of hydrogen-bond donors (Lipinski definition) is 1. The van der Waals surface area contributed by atoms with Crippen molar-refractivity contribution in [2.24, 2.45) is 5.92 Å². The smallest absolute Gasteiger partial charge is 0.316 e. The molecule has 0 fully saturated rings. The molecule has 0 saturated heterocycles. The number of benzene rings is 3. The average molecular weight is 474 g/mol. The summed E-state index contributed by atoms with van der Waals surface area (Å²) in [5.41, 5.74) is -1.38. The van der Waals surface area contributed by atoms with E-state index in [-0.39, 0.29) is 11.8 Å². The quantitative estimate of drug-likeness (QED) is 0.461. The van der Waals surface area contributed by atoms with Gasteiger partial charge in [0.25, 0.3) is 9.84 Å². The molecule has 2 atom stereocenters. The number of halogens is 3. The van der Waals surface area contributed by atoms with Crippen LogP contribution in [0.25, 0.3) is 0 Å². The van der Waals surface area contributed by atoms with Crippen LogP contribution in [0.15, 0.2) is 83.8 Å². The lowest BCUT2D eigenvalue weighted by Gasteiger charge is -2.35. The van der Waals surface area contributed by atoms with Gasteiger partial charge in [-0.15, -0.1) is 0 Å². The number of aryl methyl sites for hydroxylation is 1. The molecule has 4 rings (SSSR count). The molecule has 174 valence electrons. The zero-order chi connectivity index (χ0) is 23.5. The lowest BCUT2D eigenvalue weighted by Crippen LogP contribution is -2.32. The normalized spacial score (nSPS) is 18.6. The summed E-state index contributed by atoms with van der Waals surface area (Å²) in [6.45, 7) is 1.60. The van der Waals surface area contributed by atoms with E-state index in [0.29, 0.717) is 12.0 Å². The molecule has 0 unspecified atom stereocenters. The van der Waals surface area contributed by atoms with Crippen LogP contribution in [0.3, 0.4) is 0 Å². The summed E-state index contributed by atoms with van der Waals surface area (Å²) in [4.78, 5) is -0.681. The average Bonchev–Trinajstić information content (AvgIpc) is 2.81. The van der Waals surface area contributed by atoms with Gasteiger partial charge in [0.05, 0.1) is 4.90 Å². The predicted molar refractivity (Wildman–Crippen MR) is 123 cm³/mol. The van der Waals surface area contributed by atoms with Crippen LogP contribution in [0.2, 0.25) is 0 Å². The van der Waals surface area contributed by atoms with Crippen LogP contribution in [0.4, 0.5) is 13.2 Å². The zero-order valence-corrected chi connectivity index (χ0v) is 18.9. The van der Waals surface area contributed by atoms with Crippen molar-refractivity contribution in [1.82, 2.24) is 5.32 Å². The van der Waals surface area contributed by atoms with E-state index in [1.54, 1.807) is 6.07 Å². The first-order valence-electron chi connectivity index (χ1n) is 11.0. The summed E-state index contributed by atoms with van der Waals surface area (Å²) in [5.74, 6) is 0.238. The first-order chi connectivity index (χ1) is 15.8. The maximum Gasteiger partial charge on any atom is 0.501 e. The highest BCUT2D eigenvalue weighted by Crippen LogP contribution is 2.42. The van der Waals surface area contributed by atoms with Gasteiger partial charge in [0.1, 0.15) is 0 Å². The van der Waals surface area contributed by atoms with Gasteiger partial charge in [0.15, 0.2) is 0 Å². The zero-order valence-electron chi connectivity index (χ0n) is 18.1. The standard InChI is InChI=1S/C26H26F3NO2S/c27-26(28,29)33(31,32)23-13-14-24-21(17-23)11-12-22(25(24)20-9-5-2-6-10-20)18-30-16-15-19-7-3-1-4-8-19/h1-10,13-14,17,22,25,30H,11-12,15-16,18H2/t22-,25+/m1/s1.